The van der Waals surface area contributed by atoms with Gasteiger partial charge in [-0.05, 0) is 24.3 Å². The Kier molecular flexibility index (Phi) is 2.91. The Morgan fingerprint density at radius 2 is 1.94 bits per heavy atom. The number of para-hydroxylation sites is 1. The van der Waals surface area contributed by atoms with Gasteiger partial charge < -0.3 is 14.3 Å². The summed E-state index contributed by atoms with van der Waals surface area (Å²) in [5, 5.41) is 9.02. The van der Waals surface area contributed by atoms with Crippen molar-refractivity contribution in [1.29, 1.82) is 0 Å². The summed E-state index contributed by atoms with van der Waals surface area (Å²) in [5.74, 6) is -0.318. The molecule has 4 nitrogen and oxygen atoms in total. The van der Waals surface area contributed by atoms with Crippen molar-refractivity contribution >= 4 is 5.97 Å². The van der Waals surface area contributed by atoms with Gasteiger partial charge in [-0.15, -0.1) is 0 Å². The summed E-state index contributed by atoms with van der Waals surface area (Å²) in [6.07, 6.45) is 0.303. The van der Waals surface area contributed by atoms with Crippen LogP contribution in [0.5, 0.6) is 5.75 Å². The number of carboxylic acids is 1. The molecule has 0 fully saturated rings. The highest BCUT2D eigenvalue weighted by Crippen LogP contribution is 2.22. The van der Waals surface area contributed by atoms with Crippen molar-refractivity contribution in [3.8, 4) is 5.75 Å². The first kappa shape index (κ1) is 10.3. The zero-order valence-electron chi connectivity index (χ0n) is 8.37. The van der Waals surface area contributed by atoms with Gasteiger partial charge in [-0.1, -0.05) is 18.2 Å². The highest BCUT2D eigenvalue weighted by molar-refractivity contribution is 5.73. The second-order valence-corrected chi connectivity index (χ2v) is 3.16. The Balaban J connectivity index is 2.19. The standard InChI is InChI=1S/C12H10O4/c13-12(14)11(10-7-4-8-15-10)16-9-5-2-1-3-6-9/h1-8,11H,(H,13,14). The lowest BCUT2D eigenvalue weighted by Crippen LogP contribution is -2.17. The highest BCUT2D eigenvalue weighted by atomic mass is 16.5. The monoisotopic (exact) mass is 218 g/mol. The predicted octanol–water partition coefficient (Wildman–Crippen LogP) is 2.48. The highest BCUT2D eigenvalue weighted by Gasteiger charge is 2.24. The Bertz CT molecular complexity index is 447. The van der Waals surface area contributed by atoms with Crippen LogP contribution >= 0.6 is 0 Å². The van der Waals surface area contributed by atoms with Crippen LogP contribution in [-0.2, 0) is 4.79 Å². The molecule has 2 rings (SSSR count). The maximum absolute atomic E-state index is 11.0. The number of carbonyl (C=O) groups is 1. The molecule has 0 saturated carbocycles. The molecule has 1 unspecified atom stereocenters. The van der Waals surface area contributed by atoms with Gasteiger partial charge in [0.1, 0.15) is 5.75 Å². The summed E-state index contributed by atoms with van der Waals surface area (Å²) >= 11 is 0. The normalized spacial score (nSPS) is 12.0. The number of hydrogen-bond acceptors (Lipinski definition) is 3. The van der Waals surface area contributed by atoms with E-state index in [-0.39, 0.29) is 5.76 Å². The minimum atomic E-state index is -1.11. The molecule has 4 heteroatoms. The fraction of sp³-hybridized carbons (Fsp3) is 0.0833. The number of carboxylic acid groups (broad SMARTS) is 1. The minimum Gasteiger partial charge on any atom is -0.478 e. The first-order chi connectivity index (χ1) is 7.77. The summed E-state index contributed by atoms with van der Waals surface area (Å²) in [7, 11) is 0. The van der Waals surface area contributed by atoms with E-state index >= 15 is 0 Å². The SMILES string of the molecule is O=C(O)C(Oc1ccccc1)c1ccco1. The van der Waals surface area contributed by atoms with Gasteiger partial charge in [0.15, 0.2) is 5.76 Å². The second kappa shape index (κ2) is 4.53. The summed E-state index contributed by atoms with van der Waals surface area (Å²) in [5.41, 5.74) is 0. The first-order valence-corrected chi connectivity index (χ1v) is 4.75. The van der Waals surface area contributed by atoms with Crippen molar-refractivity contribution in [3.05, 3.63) is 54.5 Å². The van der Waals surface area contributed by atoms with E-state index in [2.05, 4.69) is 0 Å². The summed E-state index contributed by atoms with van der Waals surface area (Å²) in [6, 6.07) is 12.0. The molecule has 1 aromatic heterocycles. The summed E-state index contributed by atoms with van der Waals surface area (Å²) in [6.45, 7) is 0. The average molecular weight is 218 g/mol. The Labute approximate surface area is 92.1 Å². The van der Waals surface area contributed by atoms with Gasteiger partial charge in [-0.3, -0.25) is 0 Å². The van der Waals surface area contributed by atoms with Crippen LogP contribution < -0.4 is 4.74 Å². The smallest absolute Gasteiger partial charge is 0.353 e. The molecule has 2 aromatic rings. The molecule has 0 bridgehead atoms. The number of rotatable bonds is 4. The lowest BCUT2D eigenvalue weighted by molar-refractivity contribution is -0.146. The zero-order chi connectivity index (χ0) is 11.4. The number of ether oxygens (including phenoxy) is 1. The van der Waals surface area contributed by atoms with Gasteiger partial charge in [0, 0.05) is 0 Å². The third-order valence-corrected chi connectivity index (χ3v) is 2.02. The van der Waals surface area contributed by atoms with Crippen LogP contribution in [0.25, 0.3) is 0 Å². The lowest BCUT2D eigenvalue weighted by atomic mass is 10.2. The van der Waals surface area contributed by atoms with Crippen molar-refractivity contribution in [2.45, 2.75) is 6.10 Å². The van der Waals surface area contributed by atoms with Crippen molar-refractivity contribution in [2.75, 3.05) is 0 Å². The zero-order valence-corrected chi connectivity index (χ0v) is 8.37. The third-order valence-electron chi connectivity index (χ3n) is 2.02. The maximum Gasteiger partial charge on any atom is 0.353 e. The van der Waals surface area contributed by atoms with Crippen LogP contribution in [0.15, 0.2) is 53.1 Å². The number of furan rings is 1. The Morgan fingerprint density at radius 3 is 2.50 bits per heavy atom. The molecule has 0 amide bonds. The van der Waals surface area contributed by atoms with E-state index in [1.54, 1.807) is 36.4 Å². The van der Waals surface area contributed by atoms with Crippen molar-refractivity contribution in [2.24, 2.45) is 0 Å². The number of benzene rings is 1. The fourth-order valence-corrected chi connectivity index (χ4v) is 1.31. The lowest BCUT2D eigenvalue weighted by Gasteiger charge is -2.12. The molecule has 0 aliphatic heterocycles. The van der Waals surface area contributed by atoms with E-state index in [9.17, 15) is 4.79 Å². The molecule has 0 aliphatic rings. The Hall–Kier alpha value is -2.23. The van der Waals surface area contributed by atoms with Crippen molar-refractivity contribution < 1.29 is 19.1 Å². The van der Waals surface area contributed by atoms with Crippen LogP contribution in [0.4, 0.5) is 0 Å². The number of hydrogen-bond donors (Lipinski definition) is 1. The largest absolute Gasteiger partial charge is 0.478 e. The van der Waals surface area contributed by atoms with Gasteiger partial charge in [-0.25, -0.2) is 4.79 Å². The molecule has 82 valence electrons. The summed E-state index contributed by atoms with van der Waals surface area (Å²) in [4.78, 5) is 11.0. The molecule has 0 saturated heterocycles. The average Bonchev–Trinajstić information content (AvgIpc) is 2.80. The first-order valence-electron chi connectivity index (χ1n) is 4.75. The molecule has 16 heavy (non-hydrogen) atoms. The topological polar surface area (TPSA) is 59.7 Å². The molecule has 1 aromatic carbocycles. The van der Waals surface area contributed by atoms with E-state index in [1.165, 1.54) is 6.26 Å². The summed E-state index contributed by atoms with van der Waals surface area (Å²) < 4.78 is 10.4. The molecule has 0 radical (unpaired) electrons. The third kappa shape index (κ3) is 2.23. The molecular formula is C12H10O4. The second-order valence-electron chi connectivity index (χ2n) is 3.16. The van der Waals surface area contributed by atoms with E-state index in [0.717, 1.165) is 0 Å². The van der Waals surface area contributed by atoms with E-state index in [1.807, 2.05) is 6.07 Å². The van der Waals surface area contributed by atoms with Gasteiger partial charge in [-0.2, -0.15) is 0 Å². The molecule has 0 aliphatic carbocycles. The minimum absolute atomic E-state index is 0.274. The van der Waals surface area contributed by atoms with Gasteiger partial charge in [0.2, 0.25) is 0 Å². The van der Waals surface area contributed by atoms with Crippen LogP contribution in [-0.4, -0.2) is 11.1 Å². The predicted molar refractivity (Wildman–Crippen MR) is 56.2 cm³/mol. The quantitative estimate of drug-likeness (QED) is 0.856. The van der Waals surface area contributed by atoms with Gasteiger partial charge in [0.05, 0.1) is 6.26 Å². The number of aliphatic carboxylic acids is 1. The van der Waals surface area contributed by atoms with Crippen LogP contribution in [0, 0.1) is 0 Å². The van der Waals surface area contributed by atoms with Gasteiger partial charge in [0.25, 0.3) is 6.10 Å². The van der Waals surface area contributed by atoms with Crippen LogP contribution in [0.1, 0.15) is 11.9 Å². The van der Waals surface area contributed by atoms with Crippen molar-refractivity contribution in [3.63, 3.8) is 0 Å². The maximum atomic E-state index is 11.0. The van der Waals surface area contributed by atoms with E-state index in [0.29, 0.717) is 5.75 Å². The Morgan fingerprint density at radius 1 is 1.19 bits per heavy atom. The fourth-order valence-electron chi connectivity index (χ4n) is 1.31. The molecule has 1 N–H and O–H groups in total. The molecule has 1 heterocycles. The van der Waals surface area contributed by atoms with Crippen molar-refractivity contribution in [1.82, 2.24) is 0 Å². The van der Waals surface area contributed by atoms with Gasteiger partial charge >= 0.3 is 5.97 Å². The molecule has 0 spiro atoms. The van der Waals surface area contributed by atoms with E-state index < -0.39 is 12.1 Å². The molecular weight excluding hydrogens is 208 g/mol. The molecule has 1 atom stereocenters. The van der Waals surface area contributed by atoms with Crippen LogP contribution in [0.2, 0.25) is 0 Å². The van der Waals surface area contributed by atoms with E-state index in [4.69, 9.17) is 14.3 Å². The van der Waals surface area contributed by atoms with Crippen LogP contribution in [0.3, 0.4) is 0 Å².